The highest BCUT2D eigenvalue weighted by molar-refractivity contribution is 5.92. The molecule has 1 aliphatic heterocycles. The van der Waals surface area contributed by atoms with Gasteiger partial charge in [-0.15, -0.1) is 0 Å². The van der Waals surface area contributed by atoms with Crippen molar-refractivity contribution in [3.8, 4) is 0 Å². The molecule has 0 radical (unpaired) electrons. The first kappa shape index (κ1) is 14.7. The van der Waals surface area contributed by atoms with Gasteiger partial charge in [-0.25, -0.2) is 4.98 Å². The number of aryl methyl sites for hydroxylation is 1. The molecule has 0 saturated carbocycles. The van der Waals surface area contributed by atoms with Crippen LogP contribution in [0.25, 0.3) is 0 Å². The van der Waals surface area contributed by atoms with Crippen molar-refractivity contribution in [3.05, 3.63) is 47.8 Å². The summed E-state index contributed by atoms with van der Waals surface area (Å²) < 4.78 is 7.35. The fraction of sp³-hybridized carbons (Fsp3) is 0.438. The third-order valence-corrected chi connectivity index (χ3v) is 3.98. The Bertz CT molecular complexity index is 647. The van der Waals surface area contributed by atoms with E-state index >= 15 is 0 Å². The Morgan fingerprint density at radius 1 is 1.36 bits per heavy atom. The van der Waals surface area contributed by atoms with E-state index in [0.717, 1.165) is 31.2 Å². The normalized spacial score (nSPS) is 14.9. The molecule has 6 nitrogen and oxygen atoms in total. The van der Waals surface area contributed by atoms with E-state index in [1.807, 2.05) is 30.2 Å². The van der Waals surface area contributed by atoms with E-state index in [0.29, 0.717) is 18.2 Å². The van der Waals surface area contributed by atoms with Crippen molar-refractivity contribution in [2.24, 2.45) is 5.92 Å². The maximum atomic E-state index is 12.2. The number of hydrogen-bond acceptors (Lipinski definition) is 4. The SMILES string of the molecule is COCc1ncc(C)n1CC1CN(C(=O)c2ccccn2)C1. The predicted octanol–water partition coefficient (Wildman–Crippen LogP) is 1.51. The number of nitrogens with zero attached hydrogens (tertiary/aromatic N) is 4. The lowest BCUT2D eigenvalue weighted by molar-refractivity contribution is 0.0456. The fourth-order valence-corrected chi connectivity index (χ4v) is 2.77. The van der Waals surface area contributed by atoms with E-state index in [2.05, 4.69) is 14.5 Å². The van der Waals surface area contributed by atoms with Gasteiger partial charge in [0.1, 0.15) is 18.1 Å². The van der Waals surface area contributed by atoms with Gasteiger partial charge >= 0.3 is 0 Å². The molecule has 3 rings (SSSR count). The molecule has 2 aromatic rings. The highest BCUT2D eigenvalue weighted by atomic mass is 16.5. The Kier molecular flexibility index (Phi) is 4.20. The summed E-state index contributed by atoms with van der Waals surface area (Å²) in [6, 6.07) is 5.41. The second-order valence-corrected chi connectivity index (χ2v) is 5.65. The molecular weight excluding hydrogens is 280 g/mol. The van der Waals surface area contributed by atoms with Crippen LogP contribution in [0.2, 0.25) is 0 Å². The number of aromatic nitrogens is 3. The lowest BCUT2D eigenvalue weighted by Crippen LogP contribution is -2.51. The first-order valence-corrected chi connectivity index (χ1v) is 7.39. The van der Waals surface area contributed by atoms with Crippen LogP contribution in [-0.4, -0.2) is 45.5 Å². The molecule has 2 aromatic heterocycles. The number of hydrogen-bond donors (Lipinski definition) is 0. The van der Waals surface area contributed by atoms with E-state index in [4.69, 9.17) is 4.74 Å². The van der Waals surface area contributed by atoms with Crippen LogP contribution in [0.3, 0.4) is 0 Å². The number of pyridine rings is 1. The van der Waals surface area contributed by atoms with Crippen LogP contribution < -0.4 is 0 Å². The third-order valence-electron chi connectivity index (χ3n) is 3.98. The molecule has 1 fully saturated rings. The number of imidazole rings is 1. The van der Waals surface area contributed by atoms with Crippen LogP contribution in [0.4, 0.5) is 0 Å². The van der Waals surface area contributed by atoms with Crippen molar-refractivity contribution in [1.29, 1.82) is 0 Å². The standard InChI is InChI=1S/C16H20N4O2/c1-12-7-18-15(11-22-2)20(12)10-13-8-19(9-13)16(21)14-5-3-4-6-17-14/h3-7,13H,8-11H2,1-2H3. The summed E-state index contributed by atoms with van der Waals surface area (Å²) in [7, 11) is 1.67. The maximum absolute atomic E-state index is 12.2. The van der Waals surface area contributed by atoms with Gasteiger partial charge in [0.25, 0.3) is 5.91 Å². The van der Waals surface area contributed by atoms with E-state index in [9.17, 15) is 4.79 Å². The van der Waals surface area contributed by atoms with E-state index < -0.39 is 0 Å². The summed E-state index contributed by atoms with van der Waals surface area (Å²) >= 11 is 0. The quantitative estimate of drug-likeness (QED) is 0.839. The van der Waals surface area contributed by atoms with Crippen LogP contribution in [0, 0.1) is 12.8 Å². The van der Waals surface area contributed by atoms with Gasteiger partial charge in [-0.05, 0) is 19.1 Å². The van der Waals surface area contributed by atoms with Gasteiger partial charge in [0.2, 0.25) is 0 Å². The lowest BCUT2D eigenvalue weighted by Gasteiger charge is -2.39. The van der Waals surface area contributed by atoms with Gasteiger partial charge in [-0.2, -0.15) is 0 Å². The predicted molar refractivity (Wildman–Crippen MR) is 81.3 cm³/mol. The number of ether oxygens (including phenoxy) is 1. The summed E-state index contributed by atoms with van der Waals surface area (Å²) in [5, 5.41) is 0. The fourth-order valence-electron chi connectivity index (χ4n) is 2.77. The summed E-state index contributed by atoms with van der Waals surface area (Å²) in [5.41, 5.74) is 1.64. The van der Waals surface area contributed by atoms with Crippen molar-refractivity contribution >= 4 is 5.91 Å². The molecule has 0 bridgehead atoms. The van der Waals surface area contributed by atoms with Crippen molar-refractivity contribution in [1.82, 2.24) is 19.4 Å². The van der Waals surface area contributed by atoms with Crippen LogP contribution in [0.15, 0.2) is 30.6 Å². The summed E-state index contributed by atoms with van der Waals surface area (Å²) in [6.45, 7) is 4.95. The summed E-state index contributed by atoms with van der Waals surface area (Å²) in [6.07, 6.45) is 3.51. The number of carbonyl (C=O) groups is 1. The van der Waals surface area contributed by atoms with Crippen molar-refractivity contribution < 1.29 is 9.53 Å². The molecule has 22 heavy (non-hydrogen) atoms. The minimum Gasteiger partial charge on any atom is -0.377 e. The van der Waals surface area contributed by atoms with Crippen LogP contribution in [-0.2, 0) is 17.9 Å². The average molecular weight is 300 g/mol. The molecule has 0 aromatic carbocycles. The van der Waals surface area contributed by atoms with Crippen molar-refractivity contribution in [3.63, 3.8) is 0 Å². The number of methoxy groups -OCH3 is 1. The van der Waals surface area contributed by atoms with Gasteiger partial charge < -0.3 is 14.2 Å². The number of rotatable bonds is 5. The highest BCUT2D eigenvalue weighted by Gasteiger charge is 2.32. The smallest absolute Gasteiger partial charge is 0.272 e. The average Bonchev–Trinajstić information content (AvgIpc) is 2.84. The summed E-state index contributed by atoms with van der Waals surface area (Å²) in [5.74, 6) is 1.40. The molecule has 6 heteroatoms. The minimum absolute atomic E-state index is 0.0105. The molecule has 116 valence electrons. The molecule has 0 spiro atoms. The molecule has 0 aliphatic carbocycles. The van der Waals surface area contributed by atoms with Gasteiger partial charge in [0, 0.05) is 50.7 Å². The van der Waals surface area contributed by atoms with E-state index in [1.54, 1.807) is 19.4 Å². The minimum atomic E-state index is 0.0105. The van der Waals surface area contributed by atoms with Crippen LogP contribution in [0.1, 0.15) is 22.0 Å². The first-order valence-electron chi connectivity index (χ1n) is 7.39. The Morgan fingerprint density at radius 2 is 2.18 bits per heavy atom. The number of likely N-dealkylation sites (tertiary alicyclic amines) is 1. The molecular formula is C16H20N4O2. The zero-order valence-electron chi connectivity index (χ0n) is 12.9. The zero-order valence-corrected chi connectivity index (χ0v) is 12.9. The third kappa shape index (κ3) is 2.87. The largest absolute Gasteiger partial charge is 0.377 e. The Morgan fingerprint density at radius 3 is 2.86 bits per heavy atom. The van der Waals surface area contributed by atoms with Crippen molar-refractivity contribution in [2.75, 3.05) is 20.2 Å². The van der Waals surface area contributed by atoms with Gasteiger partial charge in [-0.3, -0.25) is 9.78 Å². The Balaban J connectivity index is 1.58. The van der Waals surface area contributed by atoms with Crippen LogP contribution in [0.5, 0.6) is 0 Å². The molecule has 1 saturated heterocycles. The van der Waals surface area contributed by atoms with Gasteiger partial charge in [0.05, 0.1) is 0 Å². The topological polar surface area (TPSA) is 60.2 Å². The van der Waals surface area contributed by atoms with Crippen molar-refractivity contribution in [2.45, 2.75) is 20.1 Å². The van der Waals surface area contributed by atoms with E-state index in [-0.39, 0.29) is 5.91 Å². The number of carbonyl (C=O) groups excluding carboxylic acids is 1. The maximum Gasteiger partial charge on any atom is 0.272 e. The Hall–Kier alpha value is -2.21. The molecule has 1 amide bonds. The molecule has 3 heterocycles. The Labute approximate surface area is 129 Å². The second-order valence-electron chi connectivity index (χ2n) is 5.65. The van der Waals surface area contributed by atoms with Gasteiger partial charge in [-0.1, -0.05) is 6.07 Å². The zero-order chi connectivity index (χ0) is 15.5. The first-order chi connectivity index (χ1) is 10.7. The molecule has 1 aliphatic rings. The molecule has 0 N–H and O–H groups in total. The monoisotopic (exact) mass is 300 g/mol. The summed E-state index contributed by atoms with van der Waals surface area (Å²) in [4.78, 5) is 22.6. The van der Waals surface area contributed by atoms with Crippen LogP contribution >= 0.6 is 0 Å². The molecule has 0 unspecified atom stereocenters. The lowest BCUT2D eigenvalue weighted by atomic mass is 9.99. The van der Waals surface area contributed by atoms with Gasteiger partial charge in [0.15, 0.2) is 0 Å². The highest BCUT2D eigenvalue weighted by Crippen LogP contribution is 2.21. The van der Waals surface area contributed by atoms with E-state index in [1.165, 1.54) is 0 Å². The molecule has 0 atom stereocenters. The second kappa shape index (κ2) is 6.27. The number of amides is 1.